The van der Waals surface area contributed by atoms with Gasteiger partial charge in [-0.1, -0.05) is 0 Å². The van der Waals surface area contributed by atoms with Gasteiger partial charge in [-0.2, -0.15) is 4.98 Å². The zero-order chi connectivity index (χ0) is 12.4. The van der Waals surface area contributed by atoms with Crippen LogP contribution in [0.2, 0.25) is 0 Å². The first-order chi connectivity index (χ1) is 8.15. The molecule has 0 aliphatic rings. The molecule has 0 radical (unpaired) electrons. The van der Waals surface area contributed by atoms with Crippen molar-refractivity contribution in [3.63, 3.8) is 0 Å². The Labute approximate surface area is 96.2 Å². The highest BCUT2D eigenvalue weighted by Gasteiger charge is 2.15. The molecule has 6 heteroatoms. The highest BCUT2D eigenvalue weighted by molar-refractivity contribution is 5.61. The number of methoxy groups -OCH3 is 1. The zero-order valence-electron chi connectivity index (χ0n) is 9.25. The third-order valence-corrected chi connectivity index (χ3v) is 2.24. The largest absolute Gasteiger partial charge is 0.494 e. The van der Waals surface area contributed by atoms with Gasteiger partial charge >= 0.3 is 0 Å². The van der Waals surface area contributed by atoms with E-state index in [2.05, 4.69) is 15.0 Å². The Morgan fingerprint density at radius 3 is 2.65 bits per heavy atom. The fourth-order valence-electron chi connectivity index (χ4n) is 1.39. The lowest BCUT2D eigenvalue weighted by atomic mass is 10.1. The summed E-state index contributed by atoms with van der Waals surface area (Å²) < 4.78 is 36.8. The lowest BCUT2D eigenvalue weighted by molar-refractivity contribution is 0.383. The van der Waals surface area contributed by atoms with E-state index in [1.165, 1.54) is 13.4 Å². The Bertz CT molecular complexity index is 540. The van der Waals surface area contributed by atoms with Gasteiger partial charge in [-0.05, 0) is 6.07 Å². The molecule has 2 aromatic rings. The molecule has 0 aliphatic heterocycles. The van der Waals surface area contributed by atoms with Crippen molar-refractivity contribution < 1.29 is 17.9 Å². The van der Waals surface area contributed by atoms with Gasteiger partial charge in [-0.15, -0.1) is 0 Å². The molecule has 0 saturated carbocycles. The van der Waals surface area contributed by atoms with Crippen molar-refractivity contribution in [2.45, 2.75) is 0 Å². The van der Waals surface area contributed by atoms with Crippen molar-refractivity contribution >= 4 is 6.01 Å². The lowest BCUT2D eigenvalue weighted by Crippen LogP contribution is -1.93. The molecule has 0 bridgehead atoms. The van der Waals surface area contributed by atoms with Crippen molar-refractivity contribution in [2.75, 3.05) is 19.5 Å². The summed E-state index contributed by atoms with van der Waals surface area (Å²) in [6.45, 7) is 0. The number of benzene rings is 1. The Kier molecular flexibility index (Phi) is 2.95. The third-order valence-electron chi connectivity index (χ3n) is 2.24. The van der Waals surface area contributed by atoms with Crippen molar-refractivity contribution in [1.82, 2.24) is 4.98 Å². The molecule has 0 atom stereocenters. The molecule has 2 rings (SSSR count). The van der Waals surface area contributed by atoms with Gasteiger partial charge in [0.2, 0.25) is 0 Å². The van der Waals surface area contributed by atoms with Gasteiger partial charge in [0.1, 0.15) is 17.8 Å². The van der Waals surface area contributed by atoms with E-state index < -0.39 is 11.6 Å². The van der Waals surface area contributed by atoms with Crippen LogP contribution in [-0.2, 0) is 0 Å². The van der Waals surface area contributed by atoms with Gasteiger partial charge in [0.25, 0.3) is 6.01 Å². The van der Waals surface area contributed by atoms with E-state index >= 15 is 0 Å². The lowest BCUT2D eigenvalue weighted by Gasteiger charge is -2.04. The Morgan fingerprint density at radius 1 is 1.29 bits per heavy atom. The van der Waals surface area contributed by atoms with E-state index in [4.69, 9.17) is 4.42 Å². The second-order valence-electron chi connectivity index (χ2n) is 3.25. The van der Waals surface area contributed by atoms with E-state index in [-0.39, 0.29) is 23.0 Å². The summed E-state index contributed by atoms with van der Waals surface area (Å²) in [5.41, 5.74) is 0.238. The first-order valence-electron chi connectivity index (χ1n) is 4.82. The number of nitrogens with zero attached hydrogens (tertiary/aromatic N) is 1. The monoisotopic (exact) mass is 240 g/mol. The molecule has 90 valence electrons. The van der Waals surface area contributed by atoms with Crippen LogP contribution in [0.5, 0.6) is 5.75 Å². The van der Waals surface area contributed by atoms with Crippen LogP contribution >= 0.6 is 0 Å². The van der Waals surface area contributed by atoms with Crippen molar-refractivity contribution in [3.05, 3.63) is 30.0 Å². The number of oxazole rings is 1. The van der Waals surface area contributed by atoms with Crippen LogP contribution in [0.3, 0.4) is 0 Å². The molecule has 1 heterocycles. The topological polar surface area (TPSA) is 47.3 Å². The predicted octanol–water partition coefficient (Wildman–Crippen LogP) is 2.67. The van der Waals surface area contributed by atoms with Gasteiger partial charge in [0.15, 0.2) is 11.6 Å². The molecule has 17 heavy (non-hydrogen) atoms. The van der Waals surface area contributed by atoms with E-state index in [1.54, 1.807) is 7.05 Å². The van der Waals surface area contributed by atoms with Crippen LogP contribution in [-0.4, -0.2) is 19.1 Å². The molecule has 0 amide bonds. The molecule has 1 N–H and O–H groups in total. The fraction of sp³-hybridized carbons (Fsp3) is 0.182. The number of halogens is 2. The normalized spacial score (nSPS) is 10.4. The van der Waals surface area contributed by atoms with Gasteiger partial charge in [0, 0.05) is 18.7 Å². The fourth-order valence-corrected chi connectivity index (χ4v) is 1.39. The number of hydrogen-bond acceptors (Lipinski definition) is 4. The van der Waals surface area contributed by atoms with Crippen LogP contribution < -0.4 is 10.1 Å². The van der Waals surface area contributed by atoms with Crippen molar-refractivity contribution in [3.8, 4) is 17.0 Å². The number of rotatable bonds is 3. The maximum Gasteiger partial charge on any atom is 0.294 e. The van der Waals surface area contributed by atoms with E-state index in [0.29, 0.717) is 0 Å². The average molecular weight is 240 g/mol. The van der Waals surface area contributed by atoms with Crippen LogP contribution in [0.1, 0.15) is 0 Å². The standard InChI is InChI=1S/C11H10F2N2O2/c1-14-11-15-9(5-17-11)6-3-8(13)10(16-2)4-7(6)12/h3-5H,1-2H3,(H,14,15). The molecule has 0 aliphatic carbocycles. The van der Waals surface area contributed by atoms with E-state index in [1.807, 2.05) is 0 Å². The second-order valence-corrected chi connectivity index (χ2v) is 3.25. The third kappa shape index (κ3) is 2.06. The van der Waals surface area contributed by atoms with Gasteiger partial charge < -0.3 is 14.5 Å². The minimum Gasteiger partial charge on any atom is -0.494 e. The Balaban J connectivity index is 2.48. The van der Waals surface area contributed by atoms with Gasteiger partial charge in [0.05, 0.1) is 7.11 Å². The number of aromatic nitrogens is 1. The van der Waals surface area contributed by atoms with Gasteiger partial charge in [-0.3, -0.25) is 0 Å². The second kappa shape index (κ2) is 4.40. The molecule has 0 spiro atoms. The maximum absolute atomic E-state index is 13.7. The van der Waals surface area contributed by atoms with Crippen LogP contribution in [0.4, 0.5) is 14.8 Å². The summed E-state index contributed by atoms with van der Waals surface area (Å²) >= 11 is 0. The molecule has 0 saturated heterocycles. The first kappa shape index (κ1) is 11.4. The Morgan fingerprint density at radius 2 is 2.06 bits per heavy atom. The molecular weight excluding hydrogens is 230 g/mol. The minimum atomic E-state index is -0.655. The van der Waals surface area contributed by atoms with Crippen LogP contribution in [0.15, 0.2) is 22.8 Å². The summed E-state index contributed by atoms with van der Waals surface area (Å²) in [4.78, 5) is 3.93. The molecule has 0 fully saturated rings. The summed E-state index contributed by atoms with van der Waals surface area (Å²) in [6, 6.07) is 2.22. The molecular formula is C11H10F2N2O2. The summed E-state index contributed by atoms with van der Waals surface area (Å²) in [5, 5.41) is 2.66. The quantitative estimate of drug-likeness (QED) is 0.895. The number of hydrogen-bond donors (Lipinski definition) is 1. The molecule has 1 aromatic carbocycles. The van der Waals surface area contributed by atoms with Crippen LogP contribution in [0.25, 0.3) is 11.3 Å². The SMILES string of the molecule is CNc1nc(-c2cc(F)c(OC)cc2F)co1. The van der Waals surface area contributed by atoms with E-state index in [0.717, 1.165) is 12.1 Å². The molecule has 0 unspecified atom stereocenters. The van der Waals surface area contributed by atoms with Crippen LogP contribution in [0, 0.1) is 11.6 Å². The molecule has 1 aromatic heterocycles. The number of ether oxygens (including phenoxy) is 1. The maximum atomic E-state index is 13.7. The molecule has 4 nitrogen and oxygen atoms in total. The zero-order valence-corrected chi connectivity index (χ0v) is 9.25. The number of nitrogens with one attached hydrogen (secondary N) is 1. The predicted molar refractivity (Wildman–Crippen MR) is 58.0 cm³/mol. The smallest absolute Gasteiger partial charge is 0.294 e. The van der Waals surface area contributed by atoms with E-state index in [9.17, 15) is 8.78 Å². The average Bonchev–Trinajstić information content (AvgIpc) is 2.80. The van der Waals surface area contributed by atoms with Crippen molar-refractivity contribution in [1.29, 1.82) is 0 Å². The highest BCUT2D eigenvalue weighted by atomic mass is 19.1. The summed E-state index contributed by atoms with van der Waals surface area (Å²) in [5.74, 6) is -1.43. The Hall–Kier alpha value is -2.11. The number of anilines is 1. The van der Waals surface area contributed by atoms with Crippen molar-refractivity contribution in [2.24, 2.45) is 0 Å². The van der Waals surface area contributed by atoms with Gasteiger partial charge in [-0.25, -0.2) is 8.78 Å². The summed E-state index contributed by atoms with van der Waals surface area (Å²) in [7, 11) is 2.88. The first-order valence-corrected chi connectivity index (χ1v) is 4.82. The highest BCUT2D eigenvalue weighted by Crippen LogP contribution is 2.29. The minimum absolute atomic E-state index is 0.0218. The summed E-state index contributed by atoms with van der Waals surface area (Å²) in [6.07, 6.45) is 1.25.